The quantitative estimate of drug-likeness (QED) is 0.840. The largest absolute Gasteiger partial charge is 0.481 e. The lowest BCUT2D eigenvalue weighted by Crippen LogP contribution is -2.42. The summed E-state index contributed by atoms with van der Waals surface area (Å²) in [4.78, 5) is 10.9. The molecule has 2 N–H and O–H groups in total. The van der Waals surface area contributed by atoms with Crippen LogP contribution in [0, 0.1) is 5.92 Å². The third-order valence-electron chi connectivity index (χ3n) is 3.50. The second-order valence-electron chi connectivity index (χ2n) is 5.05. The van der Waals surface area contributed by atoms with Crippen molar-refractivity contribution in [2.45, 2.75) is 38.6 Å². The van der Waals surface area contributed by atoms with Crippen LogP contribution in [0.1, 0.15) is 38.2 Å². The zero-order valence-electron chi connectivity index (χ0n) is 10.3. The summed E-state index contributed by atoms with van der Waals surface area (Å²) < 4.78 is 0. The number of hydrogen-bond acceptors (Lipinski definition) is 2. The van der Waals surface area contributed by atoms with E-state index in [9.17, 15) is 4.79 Å². The van der Waals surface area contributed by atoms with E-state index in [2.05, 4.69) is 31.3 Å². The van der Waals surface area contributed by atoms with E-state index in [0.29, 0.717) is 5.92 Å². The molecule has 0 amide bonds. The molecule has 2 unspecified atom stereocenters. The van der Waals surface area contributed by atoms with E-state index in [1.165, 1.54) is 5.56 Å². The number of carbonyl (C=O) groups is 1. The summed E-state index contributed by atoms with van der Waals surface area (Å²) in [5.41, 5.74) is 2.31. The van der Waals surface area contributed by atoms with Gasteiger partial charge in [-0.2, -0.15) is 0 Å². The van der Waals surface area contributed by atoms with E-state index in [1.54, 1.807) is 0 Å². The molecule has 0 saturated heterocycles. The first kappa shape index (κ1) is 12.0. The van der Waals surface area contributed by atoms with Crippen molar-refractivity contribution < 1.29 is 9.90 Å². The Labute approximate surface area is 102 Å². The van der Waals surface area contributed by atoms with Crippen molar-refractivity contribution in [2.24, 2.45) is 5.92 Å². The fourth-order valence-corrected chi connectivity index (χ4v) is 2.17. The van der Waals surface area contributed by atoms with Crippen molar-refractivity contribution in [3.05, 3.63) is 29.8 Å². The first-order valence-electron chi connectivity index (χ1n) is 6.17. The lowest BCUT2D eigenvalue weighted by atomic mass is 9.79. The average Bonchev–Trinajstić information content (AvgIpc) is 2.24. The van der Waals surface area contributed by atoms with E-state index in [-0.39, 0.29) is 12.0 Å². The van der Waals surface area contributed by atoms with Crippen molar-refractivity contribution in [1.82, 2.24) is 0 Å². The van der Waals surface area contributed by atoms with Crippen LogP contribution >= 0.6 is 0 Å². The summed E-state index contributed by atoms with van der Waals surface area (Å²) in [6, 6.07) is 8.33. The van der Waals surface area contributed by atoms with Gasteiger partial charge in [-0.15, -0.1) is 0 Å². The van der Waals surface area contributed by atoms with Crippen LogP contribution in [0.3, 0.4) is 0 Å². The predicted molar refractivity (Wildman–Crippen MR) is 68.3 cm³/mol. The summed E-state index contributed by atoms with van der Waals surface area (Å²) in [6.45, 7) is 4.31. The predicted octanol–water partition coefficient (Wildman–Crippen LogP) is 3.09. The number of aliphatic carboxylic acids is 1. The molecule has 2 atom stereocenters. The zero-order chi connectivity index (χ0) is 12.4. The second-order valence-corrected chi connectivity index (χ2v) is 5.05. The maximum absolute atomic E-state index is 10.9. The molecule has 0 aliphatic heterocycles. The van der Waals surface area contributed by atoms with Crippen LogP contribution in [0.4, 0.5) is 5.69 Å². The zero-order valence-corrected chi connectivity index (χ0v) is 10.3. The molecular formula is C14H19NO2. The lowest BCUT2D eigenvalue weighted by molar-refractivity contribution is -0.144. The first-order chi connectivity index (χ1) is 8.08. The molecule has 1 aliphatic carbocycles. The molecule has 1 aromatic rings. The van der Waals surface area contributed by atoms with Gasteiger partial charge in [-0.25, -0.2) is 0 Å². The summed E-state index contributed by atoms with van der Waals surface area (Å²) in [5, 5.41) is 12.3. The van der Waals surface area contributed by atoms with Gasteiger partial charge in [0.25, 0.3) is 0 Å². The van der Waals surface area contributed by atoms with Gasteiger partial charge in [-0.1, -0.05) is 26.0 Å². The topological polar surface area (TPSA) is 49.3 Å². The molecule has 0 radical (unpaired) electrons. The van der Waals surface area contributed by atoms with Crippen molar-refractivity contribution in [2.75, 3.05) is 5.32 Å². The van der Waals surface area contributed by atoms with Crippen LogP contribution in [0.2, 0.25) is 0 Å². The molecule has 1 saturated carbocycles. The molecule has 3 heteroatoms. The van der Waals surface area contributed by atoms with Crippen LogP contribution in [0.25, 0.3) is 0 Å². The number of hydrogen-bond donors (Lipinski definition) is 2. The number of nitrogens with one attached hydrogen (secondary N) is 1. The Bertz CT molecular complexity index is 414. The van der Waals surface area contributed by atoms with Crippen LogP contribution in [-0.2, 0) is 4.79 Å². The van der Waals surface area contributed by atoms with E-state index < -0.39 is 5.97 Å². The fraction of sp³-hybridized carbons (Fsp3) is 0.500. The van der Waals surface area contributed by atoms with Crippen LogP contribution in [0.15, 0.2) is 24.3 Å². The third kappa shape index (κ3) is 2.60. The minimum atomic E-state index is -0.686. The highest BCUT2D eigenvalue weighted by atomic mass is 16.4. The molecule has 3 nitrogen and oxygen atoms in total. The molecule has 0 aromatic heterocycles. The molecule has 1 fully saturated rings. The molecule has 17 heavy (non-hydrogen) atoms. The van der Waals surface area contributed by atoms with Gasteiger partial charge < -0.3 is 10.4 Å². The number of anilines is 1. The van der Waals surface area contributed by atoms with Crippen LogP contribution < -0.4 is 5.32 Å². The van der Waals surface area contributed by atoms with E-state index in [4.69, 9.17) is 5.11 Å². The number of rotatable bonds is 4. The monoisotopic (exact) mass is 233 g/mol. The molecule has 0 heterocycles. The minimum absolute atomic E-state index is 0.0925. The number of carboxylic acids is 1. The van der Waals surface area contributed by atoms with Crippen LogP contribution in [0.5, 0.6) is 0 Å². The smallest absolute Gasteiger partial charge is 0.308 e. The van der Waals surface area contributed by atoms with E-state index in [1.807, 2.05) is 12.1 Å². The summed E-state index contributed by atoms with van der Waals surface area (Å²) in [6.07, 6.45) is 1.74. The highest BCUT2D eigenvalue weighted by Gasteiger charge is 2.36. The van der Waals surface area contributed by atoms with Gasteiger partial charge in [0.2, 0.25) is 0 Å². The second kappa shape index (κ2) is 4.78. The molecule has 1 aromatic carbocycles. The maximum atomic E-state index is 10.9. The van der Waals surface area contributed by atoms with Crippen LogP contribution in [-0.4, -0.2) is 17.1 Å². The lowest BCUT2D eigenvalue weighted by Gasteiger charge is -2.34. The fourth-order valence-electron chi connectivity index (χ4n) is 2.17. The Balaban J connectivity index is 2.04. The summed E-state index contributed by atoms with van der Waals surface area (Å²) >= 11 is 0. The Kier molecular flexibility index (Phi) is 3.36. The number of carboxylic acid groups (broad SMARTS) is 1. The van der Waals surface area contributed by atoms with Gasteiger partial charge >= 0.3 is 5.97 Å². The van der Waals surface area contributed by atoms with Gasteiger partial charge in [0.05, 0.1) is 5.92 Å². The maximum Gasteiger partial charge on any atom is 0.308 e. The van der Waals surface area contributed by atoms with Crippen molar-refractivity contribution in [3.63, 3.8) is 0 Å². The van der Waals surface area contributed by atoms with Gasteiger partial charge in [0, 0.05) is 11.7 Å². The van der Waals surface area contributed by atoms with Crippen molar-refractivity contribution in [1.29, 1.82) is 0 Å². The SMILES string of the molecule is CC(C)c1cccc(NC2CCC2C(=O)O)c1. The van der Waals surface area contributed by atoms with E-state index >= 15 is 0 Å². The van der Waals surface area contributed by atoms with E-state index in [0.717, 1.165) is 18.5 Å². The van der Waals surface area contributed by atoms with Crippen molar-refractivity contribution in [3.8, 4) is 0 Å². The Morgan fingerprint density at radius 2 is 2.18 bits per heavy atom. The molecule has 2 rings (SSSR count). The molecule has 0 bridgehead atoms. The van der Waals surface area contributed by atoms with Crippen molar-refractivity contribution >= 4 is 11.7 Å². The Morgan fingerprint density at radius 1 is 1.41 bits per heavy atom. The minimum Gasteiger partial charge on any atom is -0.481 e. The first-order valence-corrected chi connectivity index (χ1v) is 6.17. The molecule has 0 spiro atoms. The summed E-state index contributed by atoms with van der Waals surface area (Å²) in [7, 11) is 0. The standard InChI is InChI=1S/C14H19NO2/c1-9(2)10-4-3-5-11(8-10)15-13-7-6-12(13)14(16)17/h3-5,8-9,12-13,15H,6-7H2,1-2H3,(H,16,17). The highest BCUT2D eigenvalue weighted by Crippen LogP contribution is 2.31. The highest BCUT2D eigenvalue weighted by molar-refractivity contribution is 5.73. The average molecular weight is 233 g/mol. The normalized spacial score (nSPS) is 23.2. The van der Waals surface area contributed by atoms with Gasteiger partial charge in [0.15, 0.2) is 0 Å². The molecular weight excluding hydrogens is 214 g/mol. The molecule has 1 aliphatic rings. The summed E-state index contributed by atoms with van der Waals surface area (Å²) in [5.74, 6) is -0.417. The molecule has 92 valence electrons. The Morgan fingerprint density at radius 3 is 2.71 bits per heavy atom. The Hall–Kier alpha value is -1.51. The number of benzene rings is 1. The van der Waals surface area contributed by atoms with Gasteiger partial charge in [-0.05, 0) is 36.5 Å². The van der Waals surface area contributed by atoms with Gasteiger partial charge in [0.1, 0.15) is 0 Å². The van der Waals surface area contributed by atoms with Gasteiger partial charge in [-0.3, -0.25) is 4.79 Å². The third-order valence-corrected chi connectivity index (χ3v) is 3.50.